The summed E-state index contributed by atoms with van der Waals surface area (Å²) in [6.45, 7) is -0.949. The van der Waals surface area contributed by atoms with Crippen LogP contribution in [0.4, 0.5) is 8.78 Å². The Labute approximate surface area is 120 Å². The summed E-state index contributed by atoms with van der Waals surface area (Å²) < 4.78 is 33.5. The molecule has 0 heterocycles. The Morgan fingerprint density at radius 2 is 1.95 bits per heavy atom. The van der Waals surface area contributed by atoms with Crippen molar-refractivity contribution in [2.45, 2.75) is 13.5 Å². The molecule has 1 aromatic rings. The molecule has 0 radical (unpaired) electrons. The van der Waals surface area contributed by atoms with Gasteiger partial charge in [-0.2, -0.15) is 8.78 Å². The average molecular weight is 302 g/mol. The number of likely N-dealkylation sites (N-methyl/N-ethyl adjacent to an activating group) is 1. The number of alkyl halides is 2. The maximum absolute atomic E-state index is 12.2. The maximum atomic E-state index is 12.2. The highest BCUT2D eigenvalue weighted by atomic mass is 19.3. The van der Waals surface area contributed by atoms with E-state index in [1.807, 2.05) is 0 Å². The summed E-state index contributed by atoms with van der Waals surface area (Å²) in [6, 6.07) is 3.75. The zero-order valence-corrected chi connectivity index (χ0v) is 11.6. The number of carbonyl (C=O) groups excluding carboxylic acids is 2. The maximum Gasteiger partial charge on any atom is 0.387 e. The van der Waals surface area contributed by atoms with Gasteiger partial charge in [0.2, 0.25) is 5.91 Å². The van der Waals surface area contributed by atoms with Crippen molar-refractivity contribution in [2.75, 3.05) is 20.2 Å². The molecule has 0 aliphatic heterocycles. The minimum absolute atomic E-state index is 0.000889. The van der Waals surface area contributed by atoms with Gasteiger partial charge in [0.1, 0.15) is 0 Å². The second-order valence-electron chi connectivity index (χ2n) is 3.88. The molecule has 0 aliphatic carbocycles. The first-order chi connectivity index (χ1) is 9.97. The van der Waals surface area contributed by atoms with Gasteiger partial charge >= 0.3 is 6.61 Å². The standard InChI is InChI=1S/C13H16F2N2O4/c1-3-16-11(18)7-17-12(19)8-4-5-9(21-13(14)15)10(6-8)20-2/h4-6,13H,3,7H2,1-2H3,(H,16,18)(H,17,19). The van der Waals surface area contributed by atoms with Crippen molar-refractivity contribution in [2.24, 2.45) is 0 Å². The van der Waals surface area contributed by atoms with Crippen LogP contribution in [-0.2, 0) is 4.79 Å². The van der Waals surface area contributed by atoms with Gasteiger partial charge in [-0.25, -0.2) is 0 Å². The number of nitrogens with one attached hydrogen (secondary N) is 2. The van der Waals surface area contributed by atoms with Crippen LogP contribution in [0.25, 0.3) is 0 Å². The third-order valence-electron chi connectivity index (χ3n) is 2.43. The van der Waals surface area contributed by atoms with E-state index in [4.69, 9.17) is 4.74 Å². The van der Waals surface area contributed by atoms with Crippen LogP contribution in [-0.4, -0.2) is 38.6 Å². The van der Waals surface area contributed by atoms with Crippen molar-refractivity contribution >= 4 is 11.8 Å². The zero-order valence-electron chi connectivity index (χ0n) is 11.6. The lowest BCUT2D eigenvalue weighted by Crippen LogP contribution is -2.36. The second-order valence-corrected chi connectivity index (χ2v) is 3.88. The highest BCUT2D eigenvalue weighted by Crippen LogP contribution is 2.29. The van der Waals surface area contributed by atoms with Gasteiger partial charge in [-0.15, -0.1) is 0 Å². The Morgan fingerprint density at radius 3 is 2.52 bits per heavy atom. The van der Waals surface area contributed by atoms with E-state index in [0.29, 0.717) is 6.54 Å². The highest BCUT2D eigenvalue weighted by molar-refractivity contribution is 5.97. The summed E-state index contributed by atoms with van der Waals surface area (Å²) in [7, 11) is 1.27. The van der Waals surface area contributed by atoms with Crippen LogP contribution in [0.1, 0.15) is 17.3 Å². The van der Waals surface area contributed by atoms with Gasteiger partial charge in [-0.1, -0.05) is 0 Å². The summed E-state index contributed by atoms with van der Waals surface area (Å²) in [5.74, 6) is -1.02. The minimum Gasteiger partial charge on any atom is -0.493 e. The quantitative estimate of drug-likeness (QED) is 0.792. The first-order valence-corrected chi connectivity index (χ1v) is 6.15. The van der Waals surface area contributed by atoms with E-state index in [1.165, 1.54) is 25.3 Å². The van der Waals surface area contributed by atoms with E-state index < -0.39 is 12.5 Å². The summed E-state index contributed by atoms with van der Waals surface area (Å²) in [6.07, 6.45) is 0. The Bertz CT molecular complexity index is 509. The molecular formula is C13H16F2N2O4. The van der Waals surface area contributed by atoms with Crippen molar-refractivity contribution in [3.05, 3.63) is 23.8 Å². The fourth-order valence-electron chi connectivity index (χ4n) is 1.52. The van der Waals surface area contributed by atoms with Crippen LogP contribution in [0.2, 0.25) is 0 Å². The minimum atomic E-state index is -2.99. The molecule has 0 spiro atoms. The SMILES string of the molecule is CCNC(=O)CNC(=O)c1ccc(OC(F)F)c(OC)c1. The number of halogens is 2. The number of ether oxygens (including phenoxy) is 2. The topological polar surface area (TPSA) is 76.7 Å². The Kier molecular flexibility index (Phi) is 6.38. The third-order valence-corrected chi connectivity index (χ3v) is 2.43. The van der Waals surface area contributed by atoms with Crippen LogP contribution in [0.5, 0.6) is 11.5 Å². The third kappa shape index (κ3) is 5.25. The van der Waals surface area contributed by atoms with Crippen molar-refractivity contribution < 1.29 is 27.8 Å². The van der Waals surface area contributed by atoms with E-state index in [9.17, 15) is 18.4 Å². The van der Waals surface area contributed by atoms with Gasteiger partial charge < -0.3 is 20.1 Å². The number of methoxy groups -OCH3 is 1. The monoisotopic (exact) mass is 302 g/mol. The van der Waals surface area contributed by atoms with Crippen LogP contribution in [0.3, 0.4) is 0 Å². The lowest BCUT2D eigenvalue weighted by Gasteiger charge is -2.11. The molecule has 2 amide bonds. The molecule has 116 valence electrons. The molecule has 0 unspecified atom stereocenters. The van der Waals surface area contributed by atoms with E-state index in [-0.39, 0.29) is 29.5 Å². The van der Waals surface area contributed by atoms with Crippen LogP contribution >= 0.6 is 0 Å². The fraction of sp³-hybridized carbons (Fsp3) is 0.385. The molecule has 0 bridgehead atoms. The number of benzene rings is 1. The largest absolute Gasteiger partial charge is 0.493 e. The molecule has 1 rings (SSSR count). The number of hydrogen-bond donors (Lipinski definition) is 2. The summed E-state index contributed by atoms with van der Waals surface area (Å²) in [5.41, 5.74) is 0.165. The summed E-state index contributed by atoms with van der Waals surface area (Å²) in [5, 5.41) is 4.92. The van der Waals surface area contributed by atoms with E-state index in [2.05, 4.69) is 15.4 Å². The van der Waals surface area contributed by atoms with Crippen molar-refractivity contribution in [1.82, 2.24) is 10.6 Å². The molecule has 8 heteroatoms. The molecule has 2 N–H and O–H groups in total. The van der Waals surface area contributed by atoms with Crippen LogP contribution in [0.15, 0.2) is 18.2 Å². The van der Waals surface area contributed by atoms with Gasteiger partial charge in [0, 0.05) is 12.1 Å². The van der Waals surface area contributed by atoms with Gasteiger partial charge in [0.15, 0.2) is 11.5 Å². The Morgan fingerprint density at radius 1 is 1.24 bits per heavy atom. The predicted octanol–water partition coefficient (Wildman–Crippen LogP) is 1.16. The molecule has 1 aromatic carbocycles. The number of hydrogen-bond acceptors (Lipinski definition) is 4. The lowest BCUT2D eigenvalue weighted by molar-refractivity contribution is -0.120. The molecule has 0 aromatic heterocycles. The summed E-state index contributed by atoms with van der Waals surface area (Å²) >= 11 is 0. The number of rotatable bonds is 7. The van der Waals surface area contributed by atoms with Gasteiger partial charge in [-0.05, 0) is 25.1 Å². The first kappa shape index (κ1) is 16.7. The Balaban J connectivity index is 2.74. The molecule has 0 aliphatic rings. The van der Waals surface area contributed by atoms with E-state index in [1.54, 1.807) is 6.92 Å². The summed E-state index contributed by atoms with van der Waals surface area (Å²) in [4.78, 5) is 23.0. The first-order valence-electron chi connectivity index (χ1n) is 6.15. The molecule has 6 nitrogen and oxygen atoms in total. The fourth-order valence-corrected chi connectivity index (χ4v) is 1.52. The van der Waals surface area contributed by atoms with Gasteiger partial charge in [0.05, 0.1) is 13.7 Å². The average Bonchev–Trinajstić information content (AvgIpc) is 2.45. The molecule has 0 fully saturated rings. The molecule has 0 atom stereocenters. The second kappa shape index (κ2) is 8.03. The van der Waals surface area contributed by atoms with Crippen molar-refractivity contribution in [1.29, 1.82) is 0 Å². The number of carbonyl (C=O) groups is 2. The normalized spacial score (nSPS) is 10.1. The van der Waals surface area contributed by atoms with Crippen molar-refractivity contribution in [3.8, 4) is 11.5 Å². The van der Waals surface area contributed by atoms with Gasteiger partial charge in [-0.3, -0.25) is 9.59 Å². The zero-order chi connectivity index (χ0) is 15.8. The smallest absolute Gasteiger partial charge is 0.387 e. The van der Waals surface area contributed by atoms with E-state index >= 15 is 0 Å². The van der Waals surface area contributed by atoms with Crippen LogP contribution < -0.4 is 20.1 Å². The Hall–Kier alpha value is -2.38. The molecule has 0 saturated carbocycles. The highest BCUT2D eigenvalue weighted by Gasteiger charge is 2.14. The lowest BCUT2D eigenvalue weighted by atomic mass is 10.2. The van der Waals surface area contributed by atoms with Crippen LogP contribution in [0, 0.1) is 0 Å². The molecule has 0 saturated heterocycles. The molecule has 21 heavy (non-hydrogen) atoms. The van der Waals surface area contributed by atoms with E-state index in [0.717, 1.165) is 0 Å². The van der Waals surface area contributed by atoms with Gasteiger partial charge in [0.25, 0.3) is 5.91 Å². The molecular weight excluding hydrogens is 286 g/mol. The van der Waals surface area contributed by atoms with Crippen molar-refractivity contribution in [3.63, 3.8) is 0 Å². The number of amides is 2. The predicted molar refractivity (Wildman–Crippen MR) is 70.6 cm³/mol.